The Kier molecular flexibility index (Phi) is 15.4. The molecule has 272 valence electrons. The zero-order valence-electron chi connectivity index (χ0n) is 29.7. The van der Waals surface area contributed by atoms with Gasteiger partial charge in [-0.3, -0.25) is 0 Å². The number of hydrogen-bond donors (Lipinski definition) is 2. The molecule has 1 N–H and O–H groups in total. The number of carbonyl (C=O) groups excluding carboxylic acids is 1. The van der Waals surface area contributed by atoms with E-state index in [4.69, 9.17) is 4.74 Å². The van der Waals surface area contributed by atoms with Crippen LogP contribution < -0.4 is 4.74 Å². The number of aliphatic hydroxyl groups excluding tert-OH is 1. The summed E-state index contributed by atoms with van der Waals surface area (Å²) in [5.74, 6) is -1.95. The van der Waals surface area contributed by atoms with Gasteiger partial charge in [0.2, 0.25) is 0 Å². The van der Waals surface area contributed by atoms with Crippen molar-refractivity contribution in [1.82, 2.24) is 9.80 Å². The maximum absolute atomic E-state index is 12.4. The number of hydrogen-bond acceptors (Lipinski definition) is 5. The molecule has 0 bridgehead atoms. The molecule has 1 amide bonds. The number of ether oxygens (including phenoxy) is 1. The predicted molar refractivity (Wildman–Crippen MR) is 183 cm³/mol. The van der Waals surface area contributed by atoms with E-state index >= 15 is 0 Å². The number of amides is 1. The predicted octanol–water partition coefficient (Wildman–Crippen LogP) is 9.62. The summed E-state index contributed by atoms with van der Waals surface area (Å²) < 4.78 is 63.7. The average molecular weight is 695 g/mol. The number of aliphatic hydroxyl groups is 1. The third-order valence-corrected chi connectivity index (χ3v) is 11.3. The smallest absolute Gasteiger partial charge is 0.410 e. The lowest BCUT2D eigenvalue weighted by molar-refractivity contribution is -0.284. The highest BCUT2D eigenvalue weighted by molar-refractivity contribution is 7.80. The number of benzene rings is 1. The summed E-state index contributed by atoms with van der Waals surface area (Å²) in [4.78, 5) is 16.1. The van der Waals surface area contributed by atoms with E-state index in [1.165, 1.54) is 36.8 Å². The number of nitrogens with zero attached hydrogens (tertiary/aromatic N) is 2. The number of likely N-dealkylation sites (N-methyl/N-ethyl adjacent to an activating group) is 2. The van der Waals surface area contributed by atoms with Crippen molar-refractivity contribution in [2.24, 2.45) is 22.7 Å². The Morgan fingerprint density at radius 1 is 1.02 bits per heavy atom. The average Bonchev–Trinajstić information content (AvgIpc) is 3.32. The van der Waals surface area contributed by atoms with E-state index in [2.05, 4.69) is 64.3 Å². The molecule has 11 heteroatoms. The molecule has 0 aromatic heterocycles. The van der Waals surface area contributed by atoms with Crippen LogP contribution in [0.1, 0.15) is 109 Å². The highest BCUT2D eigenvalue weighted by Gasteiger charge is 2.56. The minimum Gasteiger partial charge on any atom is -0.410 e. The van der Waals surface area contributed by atoms with Crippen LogP contribution in [0.15, 0.2) is 18.2 Å². The number of carbonyl (C=O) groups is 1. The lowest BCUT2D eigenvalue weighted by Gasteiger charge is -2.50. The molecule has 0 saturated heterocycles. The summed E-state index contributed by atoms with van der Waals surface area (Å²) in [6.07, 6.45) is 1.97. The standard InChI is InChI=1S/C24H36N2O3.C7H16.C5H7F5S/c1-24-12-11-19-18-8-6-17(29-23(28)26(4)14-13-25(2)3)15-16(18)5-7-20(19)21(24)9-10-22(24)27;1-5-7(3,4)6-2;6-4(7,2-1-3-11)5(8,9)10/h6,8,15,19-22,27H,5,7,9-14H2,1-4H3;5-6H2,1-4H3;11H,1-3H2. The van der Waals surface area contributed by atoms with Crippen LogP contribution in [0.3, 0.4) is 0 Å². The van der Waals surface area contributed by atoms with E-state index in [1.54, 1.807) is 11.9 Å². The van der Waals surface area contributed by atoms with E-state index in [0.717, 1.165) is 32.2 Å². The summed E-state index contributed by atoms with van der Waals surface area (Å²) in [5, 5.41) is 10.5. The Bertz CT molecular complexity index is 1130. The van der Waals surface area contributed by atoms with Crippen molar-refractivity contribution in [3.8, 4) is 5.75 Å². The maximum atomic E-state index is 12.4. The van der Waals surface area contributed by atoms with Crippen molar-refractivity contribution >= 4 is 18.7 Å². The molecular weight excluding hydrogens is 635 g/mol. The highest BCUT2D eigenvalue weighted by Crippen LogP contribution is 2.61. The summed E-state index contributed by atoms with van der Waals surface area (Å²) in [7, 11) is 5.77. The lowest BCUT2D eigenvalue weighted by atomic mass is 9.55. The maximum Gasteiger partial charge on any atom is 0.453 e. The van der Waals surface area contributed by atoms with Crippen LogP contribution in [-0.4, -0.2) is 79.2 Å². The van der Waals surface area contributed by atoms with Gasteiger partial charge in [0, 0.05) is 26.6 Å². The number of fused-ring (bicyclic) bond motifs is 5. The third kappa shape index (κ3) is 11.2. The fourth-order valence-electron chi connectivity index (χ4n) is 6.91. The van der Waals surface area contributed by atoms with Crippen LogP contribution in [0, 0.1) is 22.7 Å². The van der Waals surface area contributed by atoms with Gasteiger partial charge in [0.1, 0.15) is 5.75 Å². The quantitative estimate of drug-likeness (QED) is 0.200. The fourth-order valence-corrected chi connectivity index (χ4v) is 7.07. The van der Waals surface area contributed by atoms with E-state index in [9.17, 15) is 31.9 Å². The van der Waals surface area contributed by atoms with Gasteiger partial charge in [-0.1, -0.05) is 53.5 Å². The van der Waals surface area contributed by atoms with Gasteiger partial charge in [0.05, 0.1) is 6.10 Å². The molecule has 4 rings (SSSR count). The highest BCUT2D eigenvalue weighted by atomic mass is 32.1. The lowest BCUT2D eigenvalue weighted by Crippen LogP contribution is -2.43. The van der Waals surface area contributed by atoms with Gasteiger partial charge in [-0.15, -0.1) is 0 Å². The van der Waals surface area contributed by atoms with E-state index in [1.807, 2.05) is 20.2 Å². The molecule has 0 spiro atoms. The molecule has 47 heavy (non-hydrogen) atoms. The van der Waals surface area contributed by atoms with Gasteiger partial charge in [0.15, 0.2) is 0 Å². The molecule has 1 aromatic rings. The molecule has 1 aromatic carbocycles. The van der Waals surface area contributed by atoms with E-state index in [-0.39, 0.29) is 29.8 Å². The summed E-state index contributed by atoms with van der Waals surface area (Å²) in [6.45, 7) is 12.9. The molecule has 5 atom stereocenters. The Labute approximate surface area is 285 Å². The zero-order valence-corrected chi connectivity index (χ0v) is 30.6. The van der Waals surface area contributed by atoms with Crippen molar-refractivity contribution < 1.29 is 36.6 Å². The zero-order chi connectivity index (χ0) is 35.8. The summed E-state index contributed by atoms with van der Waals surface area (Å²) in [5.41, 5.74) is 3.49. The monoisotopic (exact) mass is 694 g/mol. The number of thiol groups is 1. The first-order chi connectivity index (χ1) is 21.7. The molecule has 5 nitrogen and oxygen atoms in total. The molecule has 3 aliphatic rings. The normalized spacial score (nSPS) is 25.4. The Balaban J connectivity index is 0.000000353. The Morgan fingerprint density at radius 3 is 2.19 bits per heavy atom. The minimum absolute atomic E-state index is 0.0334. The van der Waals surface area contributed by atoms with Crippen LogP contribution in [0.2, 0.25) is 0 Å². The van der Waals surface area contributed by atoms with Gasteiger partial charge in [-0.2, -0.15) is 34.6 Å². The molecule has 3 aliphatic carbocycles. The first kappa shape index (κ1) is 41.6. The second-order valence-electron chi connectivity index (χ2n) is 14.9. The molecule has 2 saturated carbocycles. The van der Waals surface area contributed by atoms with E-state index < -0.39 is 18.5 Å². The molecule has 0 heterocycles. The van der Waals surface area contributed by atoms with Crippen molar-refractivity contribution in [3.63, 3.8) is 0 Å². The summed E-state index contributed by atoms with van der Waals surface area (Å²) >= 11 is 3.53. The molecular formula is C36H59F5N2O3S. The Morgan fingerprint density at radius 2 is 1.66 bits per heavy atom. The second kappa shape index (κ2) is 17.4. The number of halogens is 5. The second-order valence-corrected chi connectivity index (χ2v) is 15.4. The van der Waals surface area contributed by atoms with Crippen molar-refractivity contribution in [1.29, 1.82) is 0 Å². The van der Waals surface area contributed by atoms with Crippen molar-refractivity contribution in [2.45, 2.75) is 123 Å². The van der Waals surface area contributed by atoms with Gasteiger partial charge in [-0.25, -0.2) is 4.79 Å². The first-order valence-corrected chi connectivity index (χ1v) is 17.8. The third-order valence-electron chi connectivity index (χ3n) is 11.0. The van der Waals surface area contributed by atoms with Crippen molar-refractivity contribution in [2.75, 3.05) is 40.0 Å². The van der Waals surface area contributed by atoms with Crippen LogP contribution in [0.5, 0.6) is 5.75 Å². The first-order valence-electron chi connectivity index (χ1n) is 17.2. The van der Waals surface area contributed by atoms with E-state index in [0.29, 0.717) is 35.5 Å². The number of rotatable bonds is 9. The fraction of sp³-hybridized carbons (Fsp3) is 0.806. The summed E-state index contributed by atoms with van der Waals surface area (Å²) in [6, 6.07) is 6.25. The minimum atomic E-state index is -5.42. The number of aryl methyl sites for hydroxylation is 1. The van der Waals surface area contributed by atoms with Crippen LogP contribution in [-0.2, 0) is 6.42 Å². The SMILES string of the molecule is CCC(C)(C)CC.CN(C)CCN(C)C(=O)Oc1ccc2c(c1)CCC1C2CCC2(C)C(O)CCC12.FC(F)(F)C(F)(F)CCCS. The molecule has 2 fully saturated rings. The molecule has 0 aliphatic heterocycles. The van der Waals surface area contributed by atoms with Crippen molar-refractivity contribution in [3.05, 3.63) is 29.3 Å². The Hall–Kier alpha value is -1.59. The topological polar surface area (TPSA) is 53.0 Å². The molecule has 0 radical (unpaired) electrons. The largest absolute Gasteiger partial charge is 0.453 e. The molecule has 5 unspecified atom stereocenters. The van der Waals surface area contributed by atoms with Crippen LogP contribution >= 0.6 is 12.6 Å². The van der Waals surface area contributed by atoms with Gasteiger partial charge >= 0.3 is 18.2 Å². The van der Waals surface area contributed by atoms with Gasteiger partial charge < -0.3 is 19.6 Å². The van der Waals surface area contributed by atoms with Gasteiger partial charge in [0.25, 0.3) is 0 Å². The van der Waals surface area contributed by atoms with Crippen LogP contribution in [0.25, 0.3) is 0 Å². The number of alkyl halides is 5. The van der Waals surface area contributed by atoms with Gasteiger partial charge in [-0.05, 0) is 117 Å². The van der Waals surface area contributed by atoms with Crippen LogP contribution in [0.4, 0.5) is 26.7 Å².